The molecular formula is C21H19BrNO3PS. The summed E-state index contributed by atoms with van der Waals surface area (Å²) >= 11 is 9.42. The van der Waals surface area contributed by atoms with Crippen molar-refractivity contribution in [1.29, 1.82) is 0 Å². The monoisotopic (exact) mass is 475 g/mol. The number of para-hydroxylation sites is 2. The smallest absolute Gasteiger partial charge is 0.315 e. The Balaban J connectivity index is 1.69. The van der Waals surface area contributed by atoms with Crippen molar-refractivity contribution < 1.29 is 13.8 Å². The Labute approximate surface area is 178 Å². The van der Waals surface area contributed by atoms with Crippen LogP contribution in [-0.2, 0) is 11.8 Å². The lowest BCUT2D eigenvalue weighted by Gasteiger charge is -2.27. The van der Waals surface area contributed by atoms with Gasteiger partial charge in [-0.15, -0.1) is 0 Å². The van der Waals surface area contributed by atoms with Crippen molar-refractivity contribution in [3.05, 3.63) is 82.8 Å². The van der Waals surface area contributed by atoms with Gasteiger partial charge in [-0.3, -0.25) is 0 Å². The first kappa shape index (κ1) is 19.3. The second-order valence-electron chi connectivity index (χ2n) is 6.22. The van der Waals surface area contributed by atoms with Crippen LogP contribution in [0.2, 0.25) is 0 Å². The van der Waals surface area contributed by atoms with Crippen LogP contribution in [0.4, 0.5) is 5.69 Å². The van der Waals surface area contributed by atoms with Gasteiger partial charge in [0, 0.05) is 10.2 Å². The van der Waals surface area contributed by atoms with E-state index in [1.54, 1.807) is 0 Å². The van der Waals surface area contributed by atoms with Gasteiger partial charge in [-0.1, -0.05) is 40.2 Å². The van der Waals surface area contributed by atoms with Crippen molar-refractivity contribution in [1.82, 2.24) is 0 Å². The van der Waals surface area contributed by atoms with Crippen LogP contribution < -0.4 is 19.1 Å². The van der Waals surface area contributed by atoms with Crippen LogP contribution in [0.15, 0.2) is 77.3 Å². The predicted octanol–water partition coefficient (Wildman–Crippen LogP) is 6.74. The number of benzene rings is 3. The van der Waals surface area contributed by atoms with E-state index in [1.807, 2.05) is 79.7 Å². The van der Waals surface area contributed by atoms with Crippen molar-refractivity contribution in [2.45, 2.75) is 12.7 Å². The van der Waals surface area contributed by atoms with E-state index >= 15 is 0 Å². The van der Waals surface area contributed by atoms with E-state index < -0.39 is 6.49 Å². The summed E-state index contributed by atoms with van der Waals surface area (Å²) in [4.78, 5) is 0. The number of anilines is 1. The van der Waals surface area contributed by atoms with Gasteiger partial charge in [0.25, 0.3) is 0 Å². The van der Waals surface area contributed by atoms with Gasteiger partial charge in [-0.2, -0.15) is 0 Å². The Kier molecular flexibility index (Phi) is 5.63. The summed E-state index contributed by atoms with van der Waals surface area (Å²) in [6.07, 6.45) is 0. The third-order valence-electron chi connectivity index (χ3n) is 4.27. The third kappa shape index (κ3) is 4.04. The third-order valence-corrected chi connectivity index (χ3v) is 7.84. The quantitative estimate of drug-likeness (QED) is 0.399. The SMILES string of the molecule is CCOc1ccc(C(Nc2ccc(Br)cc2)P2(=S)Oc3ccccc3O2)cc1. The predicted molar refractivity (Wildman–Crippen MR) is 120 cm³/mol. The average Bonchev–Trinajstić information content (AvgIpc) is 3.05. The van der Waals surface area contributed by atoms with E-state index in [2.05, 4.69) is 21.2 Å². The lowest BCUT2D eigenvalue weighted by molar-refractivity contribution is 0.340. The van der Waals surface area contributed by atoms with E-state index in [-0.39, 0.29) is 5.78 Å². The van der Waals surface area contributed by atoms with Gasteiger partial charge in [-0.05, 0) is 72.8 Å². The maximum Gasteiger partial charge on any atom is 0.315 e. The largest absolute Gasteiger partial charge is 0.494 e. The maximum absolute atomic E-state index is 6.19. The highest BCUT2D eigenvalue weighted by molar-refractivity contribution is 9.10. The number of halogens is 1. The van der Waals surface area contributed by atoms with Crippen LogP contribution >= 0.6 is 22.4 Å². The minimum Gasteiger partial charge on any atom is -0.494 e. The number of ether oxygens (including phenoxy) is 1. The van der Waals surface area contributed by atoms with Gasteiger partial charge in [0.05, 0.1) is 6.61 Å². The van der Waals surface area contributed by atoms with Crippen LogP contribution in [-0.4, -0.2) is 6.61 Å². The molecule has 1 unspecified atom stereocenters. The maximum atomic E-state index is 6.19. The molecule has 0 bridgehead atoms. The Bertz CT molecular complexity index is 982. The van der Waals surface area contributed by atoms with Gasteiger partial charge in [0.15, 0.2) is 17.3 Å². The van der Waals surface area contributed by atoms with Crippen LogP contribution in [0.25, 0.3) is 0 Å². The average molecular weight is 476 g/mol. The highest BCUT2D eigenvalue weighted by Crippen LogP contribution is 2.66. The molecule has 28 heavy (non-hydrogen) atoms. The number of nitrogens with one attached hydrogen (secondary N) is 1. The molecule has 1 aliphatic rings. The standard InChI is InChI=1S/C21H19BrNO3PS/c1-2-24-18-13-7-15(8-14-18)21(23-17-11-9-16(22)10-12-17)27(28)25-19-5-3-4-6-20(19)26-27/h3-14,21,23H,2H2,1H3. The van der Waals surface area contributed by atoms with Crippen molar-refractivity contribution in [2.75, 3.05) is 11.9 Å². The fraction of sp³-hybridized carbons (Fsp3) is 0.143. The molecule has 0 amide bonds. The second kappa shape index (κ2) is 8.16. The van der Waals surface area contributed by atoms with E-state index in [0.29, 0.717) is 18.1 Å². The first-order valence-corrected chi connectivity index (χ1v) is 12.4. The summed E-state index contributed by atoms with van der Waals surface area (Å²) in [5.41, 5.74) is 1.93. The molecule has 1 heterocycles. The van der Waals surface area contributed by atoms with E-state index in [9.17, 15) is 0 Å². The zero-order valence-corrected chi connectivity index (χ0v) is 18.5. The van der Waals surface area contributed by atoms with Crippen molar-refractivity contribution in [2.24, 2.45) is 0 Å². The molecule has 3 aromatic carbocycles. The molecule has 0 spiro atoms. The Morgan fingerprint density at radius 1 is 0.964 bits per heavy atom. The van der Waals surface area contributed by atoms with Crippen molar-refractivity contribution in [3.63, 3.8) is 0 Å². The fourth-order valence-corrected chi connectivity index (χ4v) is 6.17. The second-order valence-corrected chi connectivity index (χ2v) is 10.6. The molecule has 0 aliphatic carbocycles. The normalized spacial score (nSPS) is 15.1. The Morgan fingerprint density at radius 3 is 2.14 bits per heavy atom. The van der Waals surface area contributed by atoms with E-state index in [4.69, 9.17) is 25.6 Å². The van der Waals surface area contributed by atoms with Crippen molar-refractivity contribution >= 4 is 39.9 Å². The van der Waals surface area contributed by atoms with E-state index in [0.717, 1.165) is 21.5 Å². The molecule has 3 aromatic rings. The molecule has 0 saturated carbocycles. The molecule has 1 atom stereocenters. The molecule has 0 aromatic heterocycles. The van der Waals surface area contributed by atoms with Gasteiger partial charge in [0.2, 0.25) is 0 Å². The zero-order valence-electron chi connectivity index (χ0n) is 15.2. The summed E-state index contributed by atoms with van der Waals surface area (Å²) in [6.45, 7) is -0.132. The first-order valence-electron chi connectivity index (χ1n) is 8.90. The molecular weight excluding hydrogens is 457 g/mol. The van der Waals surface area contributed by atoms with Crippen LogP contribution in [0, 0.1) is 0 Å². The molecule has 0 saturated heterocycles. The molecule has 4 rings (SSSR count). The minimum atomic E-state index is -2.72. The fourth-order valence-electron chi connectivity index (χ4n) is 2.96. The highest BCUT2D eigenvalue weighted by Gasteiger charge is 2.41. The van der Waals surface area contributed by atoms with Crippen molar-refractivity contribution in [3.8, 4) is 17.2 Å². The lowest BCUT2D eigenvalue weighted by atomic mass is 10.2. The highest BCUT2D eigenvalue weighted by atomic mass is 79.9. The molecule has 7 heteroatoms. The minimum absolute atomic E-state index is 0.313. The summed E-state index contributed by atoms with van der Waals surface area (Å²) in [5.74, 6) is 1.90. The number of hydrogen-bond acceptors (Lipinski definition) is 5. The van der Waals surface area contributed by atoms with Gasteiger partial charge >= 0.3 is 6.49 Å². The summed E-state index contributed by atoms with van der Waals surface area (Å²) in [5, 5.41) is 3.52. The number of rotatable bonds is 6. The lowest BCUT2D eigenvalue weighted by Crippen LogP contribution is -2.15. The van der Waals surface area contributed by atoms with Crippen LogP contribution in [0.3, 0.4) is 0 Å². The molecule has 1 N–H and O–H groups in total. The number of hydrogen-bond donors (Lipinski definition) is 1. The topological polar surface area (TPSA) is 39.7 Å². The van der Waals surface area contributed by atoms with Gasteiger partial charge in [0.1, 0.15) is 5.75 Å². The van der Waals surface area contributed by atoms with Crippen LogP contribution in [0.1, 0.15) is 18.3 Å². The van der Waals surface area contributed by atoms with Gasteiger partial charge < -0.3 is 19.1 Å². The van der Waals surface area contributed by atoms with E-state index in [1.165, 1.54) is 0 Å². The van der Waals surface area contributed by atoms with Crippen LogP contribution in [0.5, 0.6) is 17.2 Å². The Morgan fingerprint density at radius 2 is 1.57 bits per heavy atom. The molecule has 144 valence electrons. The molecule has 0 radical (unpaired) electrons. The zero-order chi connectivity index (χ0) is 19.6. The summed E-state index contributed by atoms with van der Waals surface area (Å²) in [7, 11) is 0. The molecule has 4 nitrogen and oxygen atoms in total. The summed E-state index contributed by atoms with van der Waals surface area (Å²) < 4.78 is 19.0. The number of fused-ring (bicyclic) bond motifs is 1. The van der Waals surface area contributed by atoms with Gasteiger partial charge in [-0.25, -0.2) is 0 Å². The summed E-state index contributed by atoms with van der Waals surface area (Å²) in [6, 6.07) is 23.5. The molecule has 1 aliphatic heterocycles. The first-order chi connectivity index (χ1) is 13.6. The molecule has 0 fully saturated rings. The Hall–Kier alpha value is -2.01.